The topological polar surface area (TPSA) is 56.5 Å². The van der Waals surface area contributed by atoms with E-state index in [9.17, 15) is 18.0 Å². The van der Waals surface area contributed by atoms with Gasteiger partial charge in [-0.05, 0) is 57.7 Å². The van der Waals surface area contributed by atoms with Gasteiger partial charge in [-0.25, -0.2) is 9.78 Å². The molecule has 0 saturated heterocycles. The first-order valence-electron chi connectivity index (χ1n) is 8.76. The molecule has 1 aliphatic carbocycles. The van der Waals surface area contributed by atoms with E-state index >= 15 is 0 Å². The predicted octanol–water partition coefficient (Wildman–Crippen LogP) is 5.09. The molecule has 146 valence electrons. The maximum Gasteiger partial charge on any atom is 0.433 e. The van der Waals surface area contributed by atoms with Crippen LogP contribution in [-0.2, 0) is 18.0 Å². The zero-order valence-electron chi connectivity index (χ0n) is 15.7. The lowest BCUT2D eigenvalue weighted by atomic mass is 10.0. The van der Waals surface area contributed by atoms with E-state index in [1.807, 2.05) is 0 Å². The molecule has 1 heterocycles. The predicted molar refractivity (Wildman–Crippen MR) is 95.9 cm³/mol. The number of hydrogen-bond donors (Lipinski definition) is 0. The molecule has 2 aromatic rings. The van der Waals surface area contributed by atoms with E-state index in [0.29, 0.717) is 16.9 Å². The van der Waals surface area contributed by atoms with Crippen molar-refractivity contribution >= 4 is 23.3 Å². The summed E-state index contributed by atoms with van der Waals surface area (Å²) in [5.74, 6) is 0.622. The number of rotatable bonds is 3. The van der Waals surface area contributed by atoms with Gasteiger partial charge in [0.2, 0.25) is 0 Å². The van der Waals surface area contributed by atoms with Gasteiger partial charge in [-0.3, -0.25) is 0 Å². The van der Waals surface area contributed by atoms with Gasteiger partial charge in [-0.1, -0.05) is 0 Å². The molecule has 0 bridgehead atoms. The molecule has 1 aromatic heterocycles. The van der Waals surface area contributed by atoms with Gasteiger partial charge in [-0.2, -0.15) is 18.2 Å². The molecule has 1 atom stereocenters. The average Bonchev–Trinajstić information content (AvgIpc) is 3.30. The number of aliphatic imine (C=N–C) groups is 1. The molecule has 5 nitrogen and oxygen atoms in total. The van der Waals surface area contributed by atoms with Crippen molar-refractivity contribution < 1.29 is 22.7 Å². The molecule has 27 heavy (non-hydrogen) atoms. The number of nitrogens with zero attached hydrogens (tertiary/aromatic N) is 3. The minimum absolute atomic E-state index is 0.246. The Morgan fingerprint density at radius 2 is 2.00 bits per heavy atom. The zero-order valence-corrected chi connectivity index (χ0v) is 15.7. The molecule has 0 aliphatic heterocycles. The summed E-state index contributed by atoms with van der Waals surface area (Å²) in [6.45, 7) is 5.26. The highest BCUT2D eigenvalue weighted by Crippen LogP contribution is 2.42. The number of hydrogen-bond acceptors (Lipinski definition) is 3. The van der Waals surface area contributed by atoms with E-state index in [4.69, 9.17) is 4.74 Å². The van der Waals surface area contributed by atoms with Crippen LogP contribution < -0.4 is 0 Å². The van der Waals surface area contributed by atoms with Gasteiger partial charge < -0.3 is 9.30 Å². The number of benzene rings is 1. The first-order chi connectivity index (χ1) is 12.5. The highest BCUT2D eigenvalue weighted by atomic mass is 19.4. The number of ether oxygens (including phenoxy) is 1. The summed E-state index contributed by atoms with van der Waals surface area (Å²) in [6.07, 6.45) is -1.67. The molecule has 0 N–H and O–H groups in total. The lowest BCUT2D eigenvalue weighted by Crippen LogP contribution is -2.22. The van der Waals surface area contributed by atoms with Crippen LogP contribution in [-0.4, -0.2) is 27.5 Å². The van der Waals surface area contributed by atoms with Crippen molar-refractivity contribution in [3.05, 3.63) is 29.6 Å². The Bertz CT molecular complexity index is 890. The van der Waals surface area contributed by atoms with Crippen LogP contribution >= 0.6 is 0 Å². The zero-order chi connectivity index (χ0) is 20.0. The van der Waals surface area contributed by atoms with Crippen LogP contribution in [0.15, 0.2) is 23.2 Å². The fourth-order valence-corrected chi connectivity index (χ4v) is 2.97. The van der Waals surface area contributed by atoms with Crippen LogP contribution in [0.5, 0.6) is 0 Å². The number of alkyl halides is 3. The van der Waals surface area contributed by atoms with E-state index in [1.54, 1.807) is 32.4 Å². The Balaban J connectivity index is 1.93. The van der Waals surface area contributed by atoms with Crippen LogP contribution in [0.1, 0.15) is 50.9 Å². The Labute approximate surface area is 155 Å². The summed E-state index contributed by atoms with van der Waals surface area (Å²) in [7, 11) is 1.68. The number of aromatic nitrogens is 2. The molecule has 1 aromatic carbocycles. The molecule has 1 unspecified atom stereocenters. The van der Waals surface area contributed by atoms with Gasteiger partial charge in [0.05, 0.1) is 22.5 Å². The van der Waals surface area contributed by atoms with Gasteiger partial charge >= 0.3 is 12.3 Å². The first kappa shape index (κ1) is 19.4. The number of aryl methyl sites for hydroxylation is 1. The smallest absolute Gasteiger partial charge is 0.433 e. The van der Waals surface area contributed by atoms with Crippen molar-refractivity contribution in [1.82, 2.24) is 9.55 Å². The summed E-state index contributed by atoms with van der Waals surface area (Å²) in [5.41, 5.74) is -0.474. The van der Waals surface area contributed by atoms with E-state index < -0.39 is 23.4 Å². The van der Waals surface area contributed by atoms with Gasteiger partial charge in [0, 0.05) is 13.3 Å². The first-order valence-corrected chi connectivity index (χ1v) is 8.76. The largest absolute Gasteiger partial charge is 0.442 e. The van der Waals surface area contributed by atoms with E-state index in [1.165, 1.54) is 12.3 Å². The molecule has 0 spiro atoms. The van der Waals surface area contributed by atoms with Gasteiger partial charge in [0.25, 0.3) is 0 Å². The Morgan fingerprint density at radius 3 is 2.56 bits per heavy atom. The number of amides is 1. The van der Waals surface area contributed by atoms with E-state index in [0.717, 1.165) is 25.0 Å². The third-order valence-corrected chi connectivity index (χ3v) is 4.40. The molecule has 1 aliphatic rings. The van der Waals surface area contributed by atoms with Crippen LogP contribution in [0.3, 0.4) is 0 Å². The molecular formula is C19H22F3N3O2. The van der Waals surface area contributed by atoms with Gasteiger partial charge in [0.15, 0.2) is 0 Å². The van der Waals surface area contributed by atoms with Crippen molar-refractivity contribution in [3.63, 3.8) is 0 Å². The average molecular weight is 381 g/mol. The number of carbonyl (C=O) groups is 1. The monoisotopic (exact) mass is 381 g/mol. The van der Waals surface area contributed by atoms with Gasteiger partial charge in [0.1, 0.15) is 11.4 Å². The third kappa shape index (κ3) is 4.48. The second-order valence-electron chi connectivity index (χ2n) is 7.85. The van der Waals surface area contributed by atoms with E-state index in [2.05, 4.69) is 9.98 Å². The molecule has 1 amide bonds. The van der Waals surface area contributed by atoms with Crippen molar-refractivity contribution in [1.29, 1.82) is 0 Å². The number of halogens is 3. The van der Waals surface area contributed by atoms with E-state index in [-0.39, 0.29) is 11.8 Å². The van der Waals surface area contributed by atoms with Crippen LogP contribution in [0.2, 0.25) is 0 Å². The lowest BCUT2D eigenvalue weighted by Gasteiger charge is -2.17. The normalized spacial score (nSPS) is 16.9. The second kappa shape index (κ2) is 6.65. The molecular weight excluding hydrogens is 359 g/mol. The third-order valence-electron chi connectivity index (χ3n) is 4.40. The van der Waals surface area contributed by atoms with Crippen LogP contribution in [0.25, 0.3) is 11.0 Å². The Morgan fingerprint density at radius 1 is 1.33 bits per heavy atom. The lowest BCUT2D eigenvalue weighted by molar-refractivity contribution is -0.137. The Kier molecular flexibility index (Phi) is 4.78. The summed E-state index contributed by atoms with van der Waals surface area (Å²) in [5, 5.41) is 0. The summed E-state index contributed by atoms with van der Waals surface area (Å²) >= 11 is 0. The standard InChI is InChI=1S/C19H22F3N3O2/c1-18(2,3)27-17(26)23-10-13(11-5-6-11)16-24-14-8-7-12(19(20,21)22)9-15(14)25(16)4/h7-11,13H,5-6H2,1-4H3. The molecule has 3 rings (SSSR count). The van der Waals surface area contributed by atoms with Crippen LogP contribution in [0, 0.1) is 5.92 Å². The second-order valence-corrected chi connectivity index (χ2v) is 7.85. The SMILES string of the molecule is Cn1c(C(C=NC(=O)OC(C)(C)C)C2CC2)nc2ccc(C(F)(F)F)cc21. The summed E-state index contributed by atoms with van der Waals surface area (Å²) < 4.78 is 45.8. The van der Waals surface area contributed by atoms with Crippen LogP contribution in [0.4, 0.5) is 18.0 Å². The minimum Gasteiger partial charge on any atom is -0.442 e. The maximum atomic E-state index is 13.0. The van der Waals surface area contributed by atoms with Gasteiger partial charge in [-0.15, -0.1) is 0 Å². The quantitative estimate of drug-likeness (QED) is 0.696. The van der Waals surface area contributed by atoms with Crippen molar-refractivity contribution in [2.24, 2.45) is 18.0 Å². The summed E-state index contributed by atoms with van der Waals surface area (Å²) in [6, 6.07) is 3.50. The Hall–Kier alpha value is -2.38. The highest BCUT2D eigenvalue weighted by Gasteiger charge is 2.35. The minimum atomic E-state index is -4.41. The maximum absolute atomic E-state index is 13.0. The fraction of sp³-hybridized carbons (Fsp3) is 0.526. The molecule has 1 fully saturated rings. The number of fused-ring (bicyclic) bond motifs is 1. The highest BCUT2D eigenvalue weighted by molar-refractivity contribution is 5.84. The molecule has 1 saturated carbocycles. The van der Waals surface area contributed by atoms with Crippen molar-refractivity contribution in [2.75, 3.05) is 0 Å². The number of imidazole rings is 1. The number of carbonyl (C=O) groups excluding carboxylic acids is 1. The fourth-order valence-electron chi connectivity index (χ4n) is 2.97. The van der Waals surface area contributed by atoms with Crippen molar-refractivity contribution in [3.8, 4) is 0 Å². The summed E-state index contributed by atoms with van der Waals surface area (Å²) in [4.78, 5) is 20.3. The molecule has 0 radical (unpaired) electrons. The molecule has 8 heteroatoms. The van der Waals surface area contributed by atoms with Crippen molar-refractivity contribution in [2.45, 2.75) is 51.3 Å².